The molecule has 0 atom stereocenters. The summed E-state index contributed by atoms with van der Waals surface area (Å²) >= 11 is 0. The van der Waals surface area contributed by atoms with E-state index in [0.29, 0.717) is 0 Å². The van der Waals surface area contributed by atoms with Crippen LogP contribution in [0.5, 0.6) is 0 Å². The van der Waals surface area contributed by atoms with Crippen molar-refractivity contribution in [3.05, 3.63) is 243 Å². The van der Waals surface area contributed by atoms with Crippen molar-refractivity contribution in [2.45, 2.75) is 0 Å². The van der Waals surface area contributed by atoms with Gasteiger partial charge in [-0.05, 0) is 123 Å². The van der Waals surface area contributed by atoms with Gasteiger partial charge >= 0.3 is 0 Å². The van der Waals surface area contributed by atoms with E-state index in [0.717, 1.165) is 66.9 Å². The fourth-order valence-corrected chi connectivity index (χ4v) is 9.29. The maximum Gasteiger partial charge on any atom is 0.136 e. The Bertz CT molecular complexity index is 3550. The fraction of sp³-hybridized carbons (Fsp3) is 0. The number of rotatable bonds is 8. The lowest BCUT2D eigenvalue weighted by Crippen LogP contribution is -2.10. The van der Waals surface area contributed by atoms with Crippen molar-refractivity contribution in [1.29, 1.82) is 0 Å². The molecule has 63 heavy (non-hydrogen) atoms. The van der Waals surface area contributed by atoms with Crippen molar-refractivity contribution in [1.82, 2.24) is 4.57 Å². The van der Waals surface area contributed by atoms with Gasteiger partial charge in [-0.15, -0.1) is 0 Å². The van der Waals surface area contributed by atoms with Gasteiger partial charge in [-0.3, -0.25) is 0 Å². The summed E-state index contributed by atoms with van der Waals surface area (Å²) in [5.74, 6) is 0. The SMILES string of the molecule is c1ccc(-c2cccc(-c3ccc(N(c4ccc(-c5ccc(-c6ccc7c(c6)oc6ccccc67)cc5)cc4)c4cccc(-n5c6ccccc6c6ccccc65)c4)cc3)c2)cc1. The second kappa shape index (κ2) is 15.3. The summed E-state index contributed by atoms with van der Waals surface area (Å²) in [4.78, 5) is 2.36. The minimum Gasteiger partial charge on any atom is -0.456 e. The van der Waals surface area contributed by atoms with Crippen LogP contribution in [-0.4, -0.2) is 4.57 Å². The van der Waals surface area contributed by atoms with E-state index < -0.39 is 0 Å². The molecule has 0 N–H and O–H groups in total. The number of hydrogen-bond acceptors (Lipinski definition) is 2. The third-order valence-corrected chi connectivity index (χ3v) is 12.4. The predicted molar refractivity (Wildman–Crippen MR) is 264 cm³/mol. The minimum absolute atomic E-state index is 0.908. The number of furan rings is 1. The standard InChI is InChI=1S/C60H40N2O/c1-2-12-41(13-3-1)46-14-10-15-47(38-46)45-30-35-50(36-31-45)61(51-16-11-17-52(40-51)62-57-21-7-4-18-53(57)54-19-5-8-22-58(54)62)49-33-28-43(29-34-49)42-24-26-44(27-25-42)48-32-37-56-55-20-6-9-23-59(55)63-60(56)39-48/h1-40H. The predicted octanol–water partition coefficient (Wildman–Crippen LogP) is 16.8. The summed E-state index contributed by atoms with van der Waals surface area (Å²) in [6.07, 6.45) is 0. The van der Waals surface area contributed by atoms with Gasteiger partial charge in [-0.1, -0.05) is 164 Å². The van der Waals surface area contributed by atoms with E-state index in [1.165, 1.54) is 44.1 Å². The largest absolute Gasteiger partial charge is 0.456 e. The van der Waals surface area contributed by atoms with E-state index in [9.17, 15) is 0 Å². The molecule has 0 radical (unpaired) electrons. The zero-order valence-corrected chi connectivity index (χ0v) is 34.4. The molecular weight excluding hydrogens is 765 g/mol. The molecular formula is C60H40N2O. The Balaban J connectivity index is 0.908. The lowest BCUT2D eigenvalue weighted by atomic mass is 9.98. The van der Waals surface area contributed by atoms with Gasteiger partial charge in [0, 0.05) is 44.3 Å². The molecule has 0 spiro atoms. The van der Waals surface area contributed by atoms with Crippen molar-refractivity contribution in [2.24, 2.45) is 0 Å². The molecule has 10 aromatic carbocycles. The first-order valence-corrected chi connectivity index (χ1v) is 21.5. The summed E-state index contributed by atoms with van der Waals surface area (Å²) in [5, 5.41) is 4.79. The van der Waals surface area contributed by atoms with Crippen molar-refractivity contribution >= 4 is 60.8 Å². The van der Waals surface area contributed by atoms with Gasteiger partial charge in [-0.25, -0.2) is 0 Å². The maximum absolute atomic E-state index is 6.20. The van der Waals surface area contributed by atoms with Gasteiger partial charge in [0.2, 0.25) is 0 Å². The lowest BCUT2D eigenvalue weighted by molar-refractivity contribution is 0.669. The Morgan fingerprint density at radius 2 is 0.714 bits per heavy atom. The molecule has 0 unspecified atom stereocenters. The maximum atomic E-state index is 6.20. The summed E-state index contributed by atoms with van der Waals surface area (Å²) in [6, 6.07) is 87.2. The Hall–Kier alpha value is -8.40. The monoisotopic (exact) mass is 804 g/mol. The quantitative estimate of drug-likeness (QED) is 0.153. The number of fused-ring (bicyclic) bond motifs is 6. The number of aromatic nitrogens is 1. The van der Waals surface area contributed by atoms with E-state index in [2.05, 4.69) is 240 Å². The van der Waals surface area contributed by atoms with E-state index >= 15 is 0 Å². The molecule has 0 fully saturated rings. The number of para-hydroxylation sites is 3. The van der Waals surface area contributed by atoms with Crippen LogP contribution in [0.3, 0.4) is 0 Å². The topological polar surface area (TPSA) is 21.3 Å². The first-order chi connectivity index (χ1) is 31.2. The average Bonchev–Trinajstić information content (AvgIpc) is 3.91. The molecule has 12 aromatic rings. The number of hydrogen-bond donors (Lipinski definition) is 0. The lowest BCUT2D eigenvalue weighted by Gasteiger charge is -2.26. The van der Waals surface area contributed by atoms with Gasteiger partial charge in [0.25, 0.3) is 0 Å². The first kappa shape index (κ1) is 36.5. The number of nitrogens with zero attached hydrogens (tertiary/aromatic N) is 2. The molecule has 3 nitrogen and oxygen atoms in total. The molecule has 0 bridgehead atoms. The molecule has 12 rings (SSSR count). The Morgan fingerprint density at radius 1 is 0.270 bits per heavy atom. The summed E-state index contributed by atoms with van der Waals surface area (Å²) in [6.45, 7) is 0. The second-order valence-corrected chi connectivity index (χ2v) is 16.2. The molecule has 0 aliphatic carbocycles. The van der Waals surface area contributed by atoms with E-state index in [1.807, 2.05) is 12.1 Å². The Morgan fingerprint density at radius 3 is 1.35 bits per heavy atom. The highest BCUT2D eigenvalue weighted by atomic mass is 16.3. The van der Waals surface area contributed by atoms with Crippen LogP contribution in [0.1, 0.15) is 0 Å². The zero-order chi connectivity index (χ0) is 41.7. The van der Waals surface area contributed by atoms with Gasteiger partial charge in [0.05, 0.1) is 11.0 Å². The van der Waals surface area contributed by atoms with Crippen LogP contribution < -0.4 is 4.90 Å². The third kappa shape index (κ3) is 6.55. The highest BCUT2D eigenvalue weighted by molar-refractivity contribution is 6.09. The molecule has 296 valence electrons. The summed E-state index contributed by atoms with van der Waals surface area (Å²) in [7, 11) is 0. The van der Waals surface area contributed by atoms with Gasteiger partial charge < -0.3 is 13.9 Å². The second-order valence-electron chi connectivity index (χ2n) is 16.2. The minimum atomic E-state index is 0.908. The van der Waals surface area contributed by atoms with Crippen LogP contribution in [0.15, 0.2) is 247 Å². The average molecular weight is 805 g/mol. The van der Waals surface area contributed by atoms with Gasteiger partial charge in [-0.2, -0.15) is 0 Å². The molecule has 2 aromatic heterocycles. The van der Waals surface area contributed by atoms with Crippen molar-refractivity contribution < 1.29 is 4.42 Å². The molecule has 0 amide bonds. The van der Waals surface area contributed by atoms with Crippen molar-refractivity contribution in [2.75, 3.05) is 4.90 Å². The van der Waals surface area contributed by atoms with E-state index in [-0.39, 0.29) is 0 Å². The number of anilines is 3. The van der Waals surface area contributed by atoms with Gasteiger partial charge in [0.15, 0.2) is 0 Å². The Labute approximate surface area is 366 Å². The molecule has 0 aliphatic heterocycles. The molecule has 0 aliphatic rings. The van der Waals surface area contributed by atoms with Crippen molar-refractivity contribution in [3.8, 4) is 50.2 Å². The normalized spacial score (nSPS) is 11.5. The van der Waals surface area contributed by atoms with Crippen LogP contribution >= 0.6 is 0 Å². The zero-order valence-electron chi connectivity index (χ0n) is 34.4. The van der Waals surface area contributed by atoms with Crippen molar-refractivity contribution in [3.63, 3.8) is 0 Å². The molecule has 0 saturated carbocycles. The highest BCUT2D eigenvalue weighted by Crippen LogP contribution is 2.40. The molecule has 0 saturated heterocycles. The smallest absolute Gasteiger partial charge is 0.136 e. The highest BCUT2D eigenvalue weighted by Gasteiger charge is 2.17. The van der Waals surface area contributed by atoms with Crippen LogP contribution in [-0.2, 0) is 0 Å². The van der Waals surface area contributed by atoms with E-state index in [1.54, 1.807) is 0 Å². The Kier molecular flexibility index (Phi) is 8.83. The third-order valence-electron chi connectivity index (χ3n) is 12.4. The summed E-state index contributed by atoms with van der Waals surface area (Å²) in [5.41, 5.74) is 17.9. The molecule has 3 heteroatoms. The van der Waals surface area contributed by atoms with Crippen LogP contribution in [0, 0.1) is 0 Å². The van der Waals surface area contributed by atoms with E-state index in [4.69, 9.17) is 4.42 Å². The van der Waals surface area contributed by atoms with Crippen LogP contribution in [0.4, 0.5) is 17.1 Å². The van der Waals surface area contributed by atoms with Gasteiger partial charge in [0.1, 0.15) is 11.2 Å². The summed E-state index contributed by atoms with van der Waals surface area (Å²) < 4.78 is 8.59. The van der Waals surface area contributed by atoms with Crippen LogP contribution in [0.2, 0.25) is 0 Å². The number of benzene rings is 10. The fourth-order valence-electron chi connectivity index (χ4n) is 9.29. The molecule has 2 heterocycles. The van der Waals surface area contributed by atoms with Crippen LogP contribution in [0.25, 0.3) is 93.9 Å². The first-order valence-electron chi connectivity index (χ1n) is 21.5.